The van der Waals surface area contributed by atoms with Crippen molar-refractivity contribution in [2.24, 2.45) is 0 Å². The van der Waals surface area contributed by atoms with E-state index in [4.69, 9.17) is 28.1 Å². The van der Waals surface area contributed by atoms with Crippen LogP contribution < -0.4 is 0 Å². The molecular formula is C48H36N2O11. The number of rotatable bonds is 16. The average molecular weight is 817 g/mol. The van der Waals surface area contributed by atoms with E-state index in [0.29, 0.717) is 5.56 Å². The fourth-order valence-corrected chi connectivity index (χ4v) is 6.04. The number of carbonyl (C=O) groups is 5. The molecule has 304 valence electrons. The fraction of sp³-hybridized carbons (Fsp3) is 0.104. The molecule has 7 rings (SSSR count). The molecule has 0 aliphatic heterocycles. The highest BCUT2D eigenvalue weighted by Crippen LogP contribution is 2.33. The molecule has 1 aromatic heterocycles. The first-order valence-corrected chi connectivity index (χ1v) is 19.0. The van der Waals surface area contributed by atoms with Gasteiger partial charge < -0.3 is 28.1 Å². The topological polar surface area (TPSA) is 170 Å². The van der Waals surface area contributed by atoms with Gasteiger partial charge in [0.05, 0.1) is 27.8 Å². The van der Waals surface area contributed by atoms with Gasteiger partial charge >= 0.3 is 29.8 Å². The van der Waals surface area contributed by atoms with Crippen LogP contribution in [-0.4, -0.2) is 65.0 Å². The van der Waals surface area contributed by atoms with Crippen LogP contribution in [0.5, 0.6) is 0 Å². The summed E-state index contributed by atoms with van der Waals surface area (Å²) in [7, 11) is 0. The number of carbonyl (C=O) groups excluding carboxylic acids is 5. The highest BCUT2D eigenvalue weighted by Gasteiger charge is 2.48. The lowest BCUT2D eigenvalue weighted by Crippen LogP contribution is -2.51. The van der Waals surface area contributed by atoms with Gasteiger partial charge in [0.15, 0.2) is 18.3 Å². The van der Waals surface area contributed by atoms with Gasteiger partial charge in [-0.1, -0.05) is 109 Å². The second-order valence-corrected chi connectivity index (χ2v) is 13.2. The van der Waals surface area contributed by atoms with Crippen LogP contribution in [0.1, 0.15) is 63.8 Å². The summed E-state index contributed by atoms with van der Waals surface area (Å²) >= 11 is 0. The molecule has 0 spiro atoms. The quantitative estimate of drug-likeness (QED) is 0.0677. The van der Waals surface area contributed by atoms with Gasteiger partial charge in [-0.05, 0) is 72.8 Å². The van der Waals surface area contributed by atoms with Gasteiger partial charge in [-0.3, -0.25) is 0 Å². The minimum Gasteiger partial charge on any atom is -0.458 e. The van der Waals surface area contributed by atoms with Crippen molar-refractivity contribution in [3.05, 3.63) is 216 Å². The first-order chi connectivity index (χ1) is 29.8. The van der Waals surface area contributed by atoms with E-state index in [1.54, 1.807) is 121 Å². The van der Waals surface area contributed by atoms with E-state index in [0.717, 1.165) is 0 Å². The van der Waals surface area contributed by atoms with Crippen molar-refractivity contribution in [1.29, 1.82) is 0 Å². The van der Waals surface area contributed by atoms with Crippen LogP contribution in [0.4, 0.5) is 0 Å². The molecule has 0 amide bonds. The molecule has 0 bridgehead atoms. The first kappa shape index (κ1) is 41.0. The molecule has 0 radical (unpaired) electrons. The summed E-state index contributed by atoms with van der Waals surface area (Å²) in [4.78, 5) is 69.7. The molecule has 6 aromatic carbocycles. The third kappa shape index (κ3) is 10.7. The van der Waals surface area contributed by atoms with Crippen LogP contribution in [0, 0.1) is 0 Å². The lowest BCUT2D eigenvalue weighted by atomic mass is 10.0. The van der Waals surface area contributed by atoms with Crippen molar-refractivity contribution in [3.63, 3.8) is 0 Å². The molecule has 61 heavy (non-hydrogen) atoms. The molecule has 0 aliphatic rings. The van der Waals surface area contributed by atoms with E-state index < -0.39 is 60.9 Å². The van der Waals surface area contributed by atoms with Gasteiger partial charge in [0, 0.05) is 5.56 Å². The number of benzene rings is 6. The fourth-order valence-electron chi connectivity index (χ4n) is 6.04. The second kappa shape index (κ2) is 20.0. The Balaban J connectivity index is 1.39. The normalized spacial score (nSPS) is 12.7. The lowest BCUT2D eigenvalue weighted by Gasteiger charge is -2.35. The zero-order valence-electron chi connectivity index (χ0n) is 32.2. The van der Waals surface area contributed by atoms with Crippen LogP contribution in [0.15, 0.2) is 186 Å². The summed E-state index contributed by atoms with van der Waals surface area (Å²) < 4.78 is 36.4. The Morgan fingerprint density at radius 1 is 0.410 bits per heavy atom. The van der Waals surface area contributed by atoms with E-state index >= 15 is 0 Å². The average Bonchev–Trinajstić information content (AvgIpc) is 3.82. The molecule has 1 unspecified atom stereocenters. The summed E-state index contributed by atoms with van der Waals surface area (Å²) in [5, 5.41) is 8.41. The zero-order valence-corrected chi connectivity index (χ0v) is 32.2. The monoisotopic (exact) mass is 816 g/mol. The van der Waals surface area contributed by atoms with Gasteiger partial charge in [0.1, 0.15) is 6.61 Å². The van der Waals surface area contributed by atoms with E-state index in [1.165, 1.54) is 60.7 Å². The van der Waals surface area contributed by atoms with Gasteiger partial charge in [-0.15, -0.1) is 10.2 Å². The molecule has 0 N–H and O–H groups in total. The van der Waals surface area contributed by atoms with Crippen molar-refractivity contribution in [2.45, 2.75) is 24.4 Å². The molecule has 0 fully saturated rings. The van der Waals surface area contributed by atoms with Crippen molar-refractivity contribution < 1.29 is 52.1 Å². The van der Waals surface area contributed by atoms with Crippen LogP contribution in [-0.2, 0) is 23.7 Å². The number of hydrogen-bond donors (Lipinski definition) is 0. The van der Waals surface area contributed by atoms with Crippen molar-refractivity contribution >= 4 is 29.8 Å². The summed E-state index contributed by atoms with van der Waals surface area (Å²) in [5.41, 5.74) is 0.945. The number of ether oxygens (including phenoxy) is 5. The Hall–Kier alpha value is -8.19. The van der Waals surface area contributed by atoms with Crippen LogP contribution in [0.25, 0.3) is 11.5 Å². The van der Waals surface area contributed by atoms with Crippen LogP contribution in [0.3, 0.4) is 0 Å². The van der Waals surface area contributed by atoms with Crippen molar-refractivity contribution in [3.8, 4) is 11.5 Å². The predicted molar refractivity (Wildman–Crippen MR) is 218 cm³/mol. The van der Waals surface area contributed by atoms with Crippen LogP contribution >= 0.6 is 0 Å². The maximum atomic E-state index is 14.2. The third-order valence-electron chi connectivity index (χ3n) is 9.10. The Morgan fingerprint density at radius 3 is 1.21 bits per heavy atom. The first-order valence-electron chi connectivity index (χ1n) is 19.0. The van der Waals surface area contributed by atoms with Crippen LogP contribution in [0.2, 0.25) is 0 Å². The Labute approximate surface area is 349 Å². The minimum atomic E-state index is -1.94. The van der Waals surface area contributed by atoms with Crippen molar-refractivity contribution in [1.82, 2.24) is 10.2 Å². The minimum absolute atomic E-state index is 0.00572. The van der Waals surface area contributed by atoms with Crippen molar-refractivity contribution in [2.75, 3.05) is 6.61 Å². The summed E-state index contributed by atoms with van der Waals surface area (Å²) in [6.45, 7) is -0.753. The number of hydrogen-bond acceptors (Lipinski definition) is 13. The molecule has 1 heterocycles. The van der Waals surface area contributed by atoms with E-state index in [9.17, 15) is 24.0 Å². The number of aromatic nitrogens is 2. The van der Waals surface area contributed by atoms with Gasteiger partial charge in [0.25, 0.3) is 5.89 Å². The van der Waals surface area contributed by atoms with E-state index in [1.807, 2.05) is 0 Å². The molecule has 0 saturated carbocycles. The molecular weight excluding hydrogens is 781 g/mol. The largest absolute Gasteiger partial charge is 0.458 e. The smallest absolute Gasteiger partial charge is 0.339 e. The molecule has 13 heteroatoms. The second-order valence-electron chi connectivity index (χ2n) is 13.2. The predicted octanol–water partition coefficient (Wildman–Crippen LogP) is 8.17. The standard InChI is InChI=1S/C48H36N2O11/c51-44(33-21-9-2-10-22-33)56-31-38(57-45(52)34-23-11-3-12-24-34)39(58-46(53)35-25-13-4-14-26-35)40(59-47(54)36-27-15-5-16-28-36)41(60-48(55)37-29-17-6-18-30-37)43-50-49-42(61-43)32-19-7-1-8-20-32/h1-30,38-41H,31H2/t38-,39+,40+,41?/m1/s1. The molecule has 7 aromatic rings. The Bertz CT molecular complexity index is 2540. The maximum Gasteiger partial charge on any atom is 0.339 e. The van der Waals surface area contributed by atoms with E-state index in [-0.39, 0.29) is 39.6 Å². The number of esters is 5. The van der Waals surface area contributed by atoms with Gasteiger partial charge in [-0.2, -0.15) is 0 Å². The number of nitrogens with zero attached hydrogens (tertiary/aromatic N) is 2. The highest BCUT2D eigenvalue weighted by molar-refractivity contribution is 5.92. The molecule has 0 saturated heterocycles. The summed E-state index contributed by atoms with van der Waals surface area (Å²) in [6, 6.07) is 48.2. The molecule has 0 aliphatic carbocycles. The molecule has 13 nitrogen and oxygen atoms in total. The van der Waals surface area contributed by atoms with Gasteiger partial charge in [-0.25, -0.2) is 24.0 Å². The maximum absolute atomic E-state index is 14.2. The SMILES string of the molecule is O=C(OC[C@@H](OC(=O)c1ccccc1)[C@H](OC(=O)c1ccccc1)[C@H](OC(=O)c1ccccc1)C(OC(=O)c1ccccc1)c1nnc(-c2ccccc2)o1)c1ccccc1. The Morgan fingerprint density at radius 2 is 0.770 bits per heavy atom. The summed E-state index contributed by atoms with van der Waals surface area (Å²) in [6.07, 6.45) is -7.48. The molecule has 4 atom stereocenters. The van der Waals surface area contributed by atoms with E-state index in [2.05, 4.69) is 10.2 Å². The third-order valence-corrected chi connectivity index (χ3v) is 9.10. The van der Waals surface area contributed by atoms with Gasteiger partial charge in [0.2, 0.25) is 12.0 Å². The lowest BCUT2D eigenvalue weighted by molar-refractivity contribution is -0.136. The highest BCUT2D eigenvalue weighted by atomic mass is 16.6. The summed E-state index contributed by atoms with van der Waals surface area (Å²) in [5.74, 6) is -4.97. The Kier molecular flexibility index (Phi) is 13.4. The zero-order chi connectivity index (χ0) is 42.4.